The Hall–Kier alpha value is -2.61. The summed E-state index contributed by atoms with van der Waals surface area (Å²) in [5.41, 5.74) is 6.53. The summed E-state index contributed by atoms with van der Waals surface area (Å²) in [4.78, 5) is 34.7. The van der Waals surface area contributed by atoms with Gasteiger partial charge in [0.25, 0.3) is 0 Å². The number of rotatable bonds is 9. The van der Waals surface area contributed by atoms with Crippen LogP contribution in [0.25, 0.3) is 0 Å². The molecule has 0 unspecified atom stereocenters. The third-order valence-corrected chi connectivity index (χ3v) is 3.38. The number of aliphatic carboxylic acids is 1. The highest BCUT2D eigenvalue weighted by molar-refractivity contribution is 5.87. The second-order valence-corrected chi connectivity index (χ2v) is 5.37. The fourth-order valence-electron chi connectivity index (χ4n) is 2.08. The lowest BCUT2D eigenvalue weighted by atomic mass is 10.0. The van der Waals surface area contributed by atoms with Crippen LogP contribution in [0.2, 0.25) is 0 Å². The molecule has 0 bridgehead atoms. The molecular formula is C16H23N3O5. The molecule has 0 aliphatic rings. The average Bonchev–Trinajstić information content (AvgIpc) is 2.53. The third kappa shape index (κ3) is 6.66. The van der Waals surface area contributed by atoms with Gasteiger partial charge in [-0.05, 0) is 37.5 Å². The van der Waals surface area contributed by atoms with Gasteiger partial charge < -0.3 is 26.6 Å². The van der Waals surface area contributed by atoms with E-state index in [1.807, 2.05) is 0 Å². The van der Waals surface area contributed by atoms with E-state index in [4.69, 9.17) is 10.8 Å². The first-order valence-electron chi connectivity index (χ1n) is 7.66. The number of phenols is 1. The maximum Gasteiger partial charge on any atom is 0.326 e. The normalized spacial score (nSPS) is 12.9. The van der Waals surface area contributed by atoms with Crippen molar-refractivity contribution < 1.29 is 24.6 Å². The number of carbonyl (C=O) groups excluding carboxylic acids is 2. The monoisotopic (exact) mass is 337 g/mol. The fourth-order valence-corrected chi connectivity index (χ4v) is 2.08. The summed E-state index contributed by atoms with van der Waals surface area (Å²) in [5.74, 6) is -1.99. The molecule has 1 aromatic rings. The van der Waals surface area contributed by atoms with Crippen LogP contribution < -0.4 is 16.4 Å². The molecule has 8 nitrogen and oxygen atoms in total. The summed E-state index contributed by atoms with van der Waals surface area (Å²) in [5, 5.41) is 23.3. The van der Waals surface area contributed by atoms with Crippen molar-refractivity contribution in [1.82, 2.24) is 10.6 Å². The summed E-state index contributed by atoms with van der Waals surface area (Å²) < 4.78 is 0. The Bertz CT molecular complexity index is 574. The van der Waals surface area contributed by atoms with Gasteiger partial charge in [-0.3, -0.25) is 9.59 Å². The maximum absolute atomic E-state index is 12.1. The number of carboxylic acid groups (broad SMARTS) is 1. The molecule has 0 aliphatic carbocycles. The highest BCUT2D eigenvalue weighted by Crippen LogP contribution is 2.11. The van der Waals surface area contributed by atoms with Gasteiger partial charge >= 0.3 is 5.97 Å². The van der Waals surface area contributed by atoms with E-state index >= 15 is 0 Å². The molecule has 1 rings (SSSR count). The summed E-state index contributed by atoms with van der Waals surface area (Å²) >= 11 is 0. The minimum atomic E-state index is -1.22. The van der Waals surface area contributed by atoms with Crippen LogP contribution in [0.4, 0.5) is 0 Å². The first-order chi connectivity index (χ1) is 11.3. The average molecular weight is 337 g/mol. The highest BCUT2D eigenvalue weighted by Gasteiger charge is 2.24. The molecule has 0 heterocycles. The number of hydrogen-bond acceptors (Lipinski definition) is 5. The SMILES string of the molecule is CCNC(=O)CC[C@H](NC(=O)[C@@H](N)Cc1ccc(O)cc1)C(=O)O. The first kappa shape index (κ1) is 19.4. The number of phenolic OH excluding ortho intramolecular Hbond substituents is 1. The van der Waals surface area contributed by atoms with E-state index in [0.717, 1.165) is 5.56 Å². The number of carboxylic acids is 1. The Morgan fingerprint density at radius 1 is 1.21 bits per heavy atom. The lowest BCUT2D eigenvalue weighted by molar-refractivity contribution is -0.142. The third-order valence-electron chi connectivity index (χ3n) is 3.38. The molecule has 0 saturated carbocycles. The summed E-state index contributed by atoms with van der Waals surface area (Å²) in [6.45, 7) is 2.22. The van der Waals surface area contributed by atoms with Crippen molar-refractivity contribution in [1.29, 1.82) is 0 Å². The number of hydrogen-bond donors (Lipinski definition) is 5. The van der Waals surface area contributed by atoms with Crippen molar-refractivity contribution in [3.63, 3.8) is 0 Å². The van der Waals surface area contributed by atoms with Gasteiger partial charge in [0.05, 0.1) is 6.04 Å². The van der Waals surface area contributed by atoms with Crippen molar-refractivity contribution >= 4 is 17.8 Å². The molecule has 0 aromatic heterocycles. The standard InChI is InChI=1S/C16H23N3O5/c1-2-18-14(21)8-7-13(16(23)24)19-15(22)12(17)9-10-3-5-11(20)6-4-10/h3-6,12-13,20H,2,7-9,17H2,1H3,(H,18,21)(H,19,22)(H,23,24)/t12-,13-/m0/s1. The minimum absolute atomic E-state index is 0.00170. The van der Waals surface area contributed by atoms with Crippen LogP contribution in [-0.2, 0) is 20.8 Å². The predicted molar refractivity (Wildman–Crippen MR) is 87.3 cm³/mol. The quantitative estimate of drug-likeness (QED) is 0.420. The van der Waals surface area contributed by atoms with Gasteiger partial charge in [0.2, 0.25) is 11.8 Å². The molecule has 8 heteroatoms. The van der Waals surface area contributed by atoms with E-state index in [1.54, 1.807) is 19.1 Å². The zero-order valence-electron chi connectivity index (χ0n) is 13.5. The molecule has 0 radical (unpaired) electrons. The minimum Gasteiger partial charge on any atom is -0.508 e. The second-order valence-electron chi connectivity index (χ2n) is 5.37. The Labute approximate surface area is 140 Å². The molecule has 0 spiro atoms. The first-order valence-corrected chi connectivity index (χ1v) is 7.66. The Balaban J connectivity index is 2.55. The van der Waals surface area contributed by atoms with Crippen molar-refractivity contribution in [3.05, 3.63) is 29.8 Å². The van der Waals surface area contributed by atoms with Crippen LogP contribution in [0.1, 0.15) is 25.3 Å². The van der Waals surface area contributed by atoms with Crippen molar-refractivity contribution in [2.45, 2.75) is 38.3 Å². The van der Waals surface area contributed by atoms with Gasteiger partial charge in [-0.25, -0.2) is 4.79 Å². The molecule has 2 atom stereocenters. The fraction of sp³-hybridized carbons (Fsp3) is 0.438. The van der Waals surface area contributed by atoms with E-state index < -0.39 is 24.0 Å². The van der Waals surface area contributed by atoms with Gasteiger partial charge in [-0.15, -0.1) is 0 Å². The Morgan fingerprint density at radius 3 is 2.38 bits per heavy atom. The molecule has 2 amide bonds. The number of benzene rings is 1. The van der Waals surface area contributed by atoms with E-state index in [9.17, 15) is 19.5 Å². The second kappa shape index (κ2) is 9.51. The van der Waals surface area contributed by atoms with Crippen molar-refractivity contribution in [2.24, 2.45) is 5.73 Å². The summed E-state index contributed by atoms with van der Waals surface area (Å²) in [6, 6.07) is 4.11. The molecule has 1 aromatic carbocycles. The molecule has 132 valence electrons. The van der Waals surface area contributed by atoms with Gasteiger partial charge in [-0.2, -0.15) is 0 Å². The van der Waals surface area contributed by atoms with Crippen LogP contribution in [-0.4, -0.2) is 46.6 Å². The molecule has 0 fully saturated rings. The van der Waals surface area contributed by atoms with Gasteiger partial charge in [-0.1, -0.05) is 12.1 Å². The molecule has 0 aliphatic heterocycles. The van der Waals surface area contributed by atoms with Crippen LogP contribution in [0.3, 0.4) is 0 Å². The number of carbonyl (C=O) groups is 3. The summed E-state index contributed by atoms with van der Waals surface area (Å²) in [7, 11) is 0. The molecule has 24 heavy (non-hydrogen) atoms. The van der Waals surface area contributed by atoms with E-state index in [-0.39, 0.29) is 30.9 Å². The smallest absolute Gasteiger partial charge is 0.326 e. The maximum atomic E-state index is 12.1. The van der Waals surface area contributed by atoms with Gasteiger partial charge in [0.15, 0.2) is 0 Å². The van der Waals surface area contributed by atoms with Crippen LogP contribution in [0.15, 0.2) is 24.3 Å². The largest absolute Gasteiger partial charge is 0.508 e. The van der Waals surface area contributed by atoms with Gasteiger partial charge in [0.1, 0.15) is 11.8 Å². The lowest BCUT2D eigenvalue weighted by Gasteiger charge is -2.18. The van der Waals surface area contributed by atoms with Gasteiger partial charge in [0, 0.05) is 13.0 Å². The van der Waals surface area contributed by atoms with E-state index in [2.05, 4.69) is 10.6 Å². The Kier molecular flexibility index (Phi) is 7.70. The Morgan fingerprint density at radius 2 is 1.83 bits per heavy atom. The predicted octanol–water partition coefficient (Wildman–Crippen LogP) is -0.252. The zero-order chi connectivity index (χ0) is 18.1. The van der Waals surface area contributed by atoms with Crippen molar-refractivity contribution in [3.8, 4) is 5.75 Å². The molecule has 6 N–H and O–H groups in total. The lowest BCUT2D eigenvalue weighted by Crippen LogP contribution is -2.49. The highest BCUT2D eigenvalue weighted by atomic mass is 16.4. The number of amides is 2. The van der Waals surface area contributed by atoms with Crippen molar-refractivity contribution in [2.75, 3.05) is 6.54 Å². The molecule has 0 saturated heterocycles. The van der Waals surface area contributed by atoms with Crippen LogP contribution >= 0.6 is 0 Å². The number of aromatic hydroxyl groups is 1. The number of nitrogens with two attached hydrogens (primary N) is 1. The van der Waals surface area contributed by atoms with Crippen LogP contribution in [0, 0.1) is 0 Å². The number of nitrogens with one attached hydrogen (secondary N) is 2. The zero-order valence-corrected chi connectivity index (χ0v) is 13.5. The summed E-state index contributed by atoms with van der Waals surface area (Å²) in [6.07, 6.45) is 0.186. The topological polar surface area (TPSA) is 142 Å². The van der Waals surface area contributed by atoms with E-state index in [0.29, 0.717) is 6.54 Å². The molecular weight excluding hydrogens is 314 g/mol. The van der Waals surface area contributed by atoms with Crippen LogP contribution in [0.5, 0.6) is 5.75 Å². The van der Waals surface area contributed by atoms with E-state index in [1.165, 1.54) is 12.1 Å².